The molecule has 0 spiro atoms. The number of carbonyl (C=O) groups excluding carboxylic acids is 1. The Morgan fingerprint density at radius 1 is 1.64 bits per heavy atom. The number of carbonyl (C=O) groups is 1. The molecule has 11 heavy (non-hydrogen) atoms. The van der Waals surface area contributed by atoms with E-state index >= 15 is 0 Å². The molecule has 1 heterocycles. The van der Waals surface area contributed by atoms with Crippen LogP contribution in [0.15, 0.2) is 16.3 Å². The van der Waals surface area contributed by atoms with Crippen LogP contribution in [0.5, 0.6) is 0 Å². The molecule has 0 fully saturated rings. The largest absolute Gasteiger partial charge is 0.294 e. The molecule has 0 saturated carbocycles. The zero-order valence-electron chi connectivity index (χ0n) is 6.65. The molecule has 1 rings (SSSR count). The van der Waals surface area contributed by atoms with Crippen LogP contribution >= 0.6 is 22.6 Å². The fourth-order valence-electron chi connectivity index (χ4n) is 1.04. The second-order valence-corrected chi connectivity index (χ2v) is 3.76. The summed E-state index contributed by atoms with van der Waals surface area (Å²) in [5.41, 5.74) is 1.79. The molecule has 3 heteroatoms. The van der Waals surface area contributed by atoms with Gasteiger partial charge in [0.25, 0.3) is 0 Å². The predicted molar refractivity (Wildman–Crippen MR) is 54.1 cm³/mol. The molecular formula is C8H10INO. The fourth-order valence-corrected chi connectivity index (χ4v) is 1.68. The minimum absolute atomic E-state index is 0.223. The van der Waals surface area contributed by atoms with Gasteiger partial charge in [-0.3, -0.25) is 9.79 Å². The number of halogens is 1. The van der Waals surface area contributed by atoms with Gasteiger partial charge in [0, 0.05) is 11.3 Å². The molecule has 0 aliphatic carbocycles. The van der Waals surface area contributed by atoms with Gasteiger partial charge in [-0.2, -0.15) is 0 Å². The predicted octanol–water partition coefficient (Wildman–Crippen LogP) is 2.48. The van der Waals surface area contributed by atoms with E-state index in [0.717, 1.165) is 21.4 Å². The van der Waals surface area contributed by atoms with Crippen molar-refractivity contribution >= 4 is 32.1 Å². The van der Waals surface area contributed by atoms with Gasteiger partial charge in [-0.1, -0.05) is 6.92 Å². The summed E-state index contributed by atoms with van der Waals surface area (Å²) in [7, 11) is 0. The smallest absolute Gasteiger partial charge is 0.166 e. The Morgan fingerprint density at radius 2 is 2.27 bits per heavy atom. The Labute approximate surface area is 79.9 Å². The zero-order valence-corrected chi connectivity index (χ0v) is 8.81. The third-order valence-corrected chi connectivity index (χ3v) is 2.37. The van der Waals surface area contributed by atoms with Crippen LogP contribution in [0.4, 0.5) is 0 Å². The number of hydrogen-bond donors (Lipinski definition) is 0. The maximum Gasteiger partial charge on any atom is 0.166 e. The standard InChI is InChI=1S/C8H10INO/c1-3-6-5(2)7(11)4-8(9)10-6/h3-4H2,1-2H3. The Morgan fingerprint density at radius 3 is 2.82 bits per heavy atom. The second-order valence-electron chi connectivity index (χ2n) is 2.51. The molecule has 0 amide bonds. The van der Waals surface area contributed by atoms with Crippen LogP contribution < -0.4 is 0 Å². The molecule has 0 aromatic rings. The summed E-state index contributed by atoms with van der Waals surface area (Å²) in [4.78, 5) is 15.5. The van der Waals surface area contributed by atoms with Crippen LogP contribution in [-0.2, 0) is 4.79 Å². The first-order chi connectivity index (χ1) is 5.15. The van der Waals surface area contributed by atoms with E-state index in [-0.39, 0.29) is 5.78 Å². The summed E-state index contributed by atoms with van der Waals surface area (Å²) in [6.45, 7) is 3.87. The van der Waals surface area contributed by atoms with Gasteiger partial charge in [0.05, 0.1) is 10.1 Å². The van der Waals surface area contributed by atoms with Crippen LogP contribution in [0.1, 0.15) is 26.7 Å². The first-order valence-corrected chi connectivity index (χ1v) is 4.69. The molecule has 0 aromatic carbocycles. The van der Waals surface area contributed by atoms with Crippen molar-refractivity contribution in [1.82, 2.24) is 0 Å². The van der Waals surface area contributed by atoms with Gasteiger partial charge in [0.2, 0.25) is 0 Å². The number of aliphatic imine (C=N–C) groups is 1. The van der Waals surface area contributed by atoms with E-state index < -0.39 is 0 Å². The Bertz CT molecular complexity index is 253. The van der Waals surface area contributed by atoms with Gasteiger partial charge in [0.1, 0.15) is 0 Å². The highest BCUT2D eigenvalue weighted by Crippen LogP contribution is 2.20. The van der Waals surface area contributed by atoms with E-state index in [2.05, 4.69) is 27.6 Å². The molecule has 1 aliphatic rings. The summed E-state index contributed by atoms with van der Waals surface area (Å²) in [6, 6.07) is 0. The average molecular weight is 263 g/mol. The second kappa shape index (κ2) is 3.47. The zero-order chi connectivity index (χ0) is 8.43. The molecule has 60 valence electrons. The maximum absolute atomic E-state index is 11.2. The number of hydrogen-bond acceptors (Lipinski definition) is 2. The molecular weight excluding hydrogens is 253 g/mol. The highest BCUT2D eigenvalue weighted by Gasteiger charge is 2.16. The lowest BCUT2D eigenvalue weighted by Crippen LogP contribution is -2.11. The first kappa shape index (κ1) is 8.90. The van der Waals surface area contributed by atoms with Crippen LogP contribution in [0, 0.1) is 0 Å². The minimum atomic E-state index is 0.223. The Hall–Kier alpha value is -0.190. The van der Waals surface area contributed by atoms with Crippen LogP contribution in [0.2, 0.25) is 0 Å². The van der Waals surface area contributed by atoms with Crippen molar-refractivity contribution in [2.75, 3.05) is 0 Å². The van der Waals surface area contributed by atoms with Crippen molar-refractivity contribution in [2.45, 2.75) is 26.7 Å². The summed E-state index contributed by atoms with van der Waals surface area (Å²) < 4.78 is 0.912. The lowest BCUT2D eigenvalue weighted by Gasteiger charge is -2.10. The van der Waals surface area contributed by atoms with Crippen molar-refractivity contribution in [1.29, 1.82) is 0 Å². The van der Waals surface area contributed by atoms with Crippen molar-refractivity contribution in [3.63, 3.8) is 0 Å². The summed E-state index contributed by atoms with van der Waals surface area (Å²) in [5, 5.41) is 0. The van der Waals surface area contributed by atoms with Gasteiger partial charge in [-0.25, -0.2) is 0 Å². The molecule has 0 unspecified atom stereocenters. The third-order valence-electron chi connectivity index (χ3n) is 1.75. The highest BCUT2D eigenvalue weighted by atomic mass is 127. The van der Waals surface area contributed by atoms with Crippen LogP contribution in [-0.4, -0.2) is 9.50 Å². The van der Waals surface area contributed by atoms with Gasteiger partial charge >= 0.3 is 0 Å². The van der Waals surface area contributed by atoms with Gasteiger partial charge in [-0.05, 0) is 35.9 Å². The molecule has 0 aromatic heterocycles. The quantitative estimate of drug-likeness (QED) is 0.668. The van der Waals surface area contributed by atoms with Crippen molar-refractivity contribution < 1.29 is 4.79 Å². The molecule has 0 bridgehead atoms. The normalized spacial score (nSPS) is 18.8. The van der Waals surface area contributed by atoms with E-state index in [1.54, 1.807) is 0 Å². The minimum Gasteiger partial charge on any atom is -0.294 e. The number of ketones is 1. The molecule has 1 aliphatic heterocycles. The van der Waals surface area contributed by atoms with E-state index in [4.69, 9.17) is 0 Å². The van der Waals surface area contributed by atoms with Crippen LogP contribution in [0.25, 0.3) is 0 Å². The number of nitrogens with zero attached hydrogens (tertiary/aromatic N) is 1. The van der Waals surface area contributed by atoms with E-state index in [1.807, 2.05) is 13.8 Å². The summed E-state index contributed by atoms with van der Waals surface area (Å²) >= 11 is 2.12. The lowest BCUT2D eigenvalue weighted by molar-refractivity contribution is -0.114. The van der Waals surface area contributed by atoms with E-state index in [0.29, 0.717) is 6.42 Å². The summed E-state index contributed by atoms with van der Waals surface area (Å²) in [6.07, 6.45) is 1.35. The lowest BCUT2D eigenvalue weighted by atomic mass is 10.1. The summed E-state index contributed by atoms with van der Waals surface area (Å²) in [5.74, 6) is 0.223. The molecule has 0 atom stereocenters. The van der Waals surface area contributed by atoms with Gasteiger partial charge in [0.15, 0.2) is 5.78 Å². The SMILES string of the molecule is CCC1=C(C)C(=O)CC(I)=N1. The topological polar surface area (TPSA) is 29.4 Å². The van der Waals surface area contributed by atoms with Crippen molar-refractivity contribution in [2.24, 2.45) is 4.99 Å². The fraction of sp³-hybridized carbons (Fsp3) is 0.500. The highest BCUT2D eigenvalue weighted by molar-refractivity contribution is 14.1. The van der Waals surface area contributed by atoms with Crippen LogP contribution in [0.3, 0.4) is 0 Å². The van der Waals surface area contributed by atoms with Crippen molar-refractivity contribution in [3.05, 3.63) is 11.3 Å². The number of Topliss-reactive ketones (excluding diaryl/α,β-unsaturated/α-hetero) is 1. The Kier molecular flexibility index (Phi) is 2.81. The molecule has 0 radical (unpaired) electrons. The van der Waals surface area contributed by atoms with Crippen molar-refractivity contribution in [3.8, 4) is 0 Å². The van der Waals surface area contributed by atoms with E-state index in [1.165, 1.54) is 0 Å². The van der Waals surface area contributed by atoms with Gasteiger partial charge < -0.3 is 0 Å². The van der Waals surface area contributed by atoms with E-state index in [9.17, 15) is 4.79 Å². The average Bonchev–Trinajstić information content (AvgIpc) is 1.96. The molecule has 0 N–H and O–H groups in total. The maximum atomic E-state index is 11.2. The monoisotopic (exact) mass is 263 g/mol. The molecule has 2 nitrogen and oxygen atoms in total. The number of allylic oxidation sites excluding steroid dienone is 2. The Balaban J connectivity index is 3.02. The number of rotatable bonds is 1. The first-order valence-electron chi connectivity index (χ1n) is 3.61. The molecule has 0 saturated heterocycles. The van der Waals surface area contributed by atoms with Gasteiger partial charge in [-0.15, -0.1) is 0 Å². The third kappa shape index (κ3) is 1.89.